The number of rotatable bonds is 9. The molecule has 3 nitrogen and oxygen atoms in total. The zero-order valence-electron chi connectivity index (χ0n) is 10.7. The van der Waals surface area contributed by atoms with Crippen LogP contribution in [0.25, 0.3) is 0 Å². The average Bonchev–Trinajstić information content (AvgIpc) is 2.35. The molecule has 18 heavy (non-hydrogen) atoms. The summed E-state index contributed by atoms with van der Waals surface area (Å²) in [4.78, 5) is 11.7. The molecule has 1 aromatic carbocycles. The SMILES string of the molecule is CCCCOCCSc1ccc(CC(=O)O)cc1. The molecule has 0 heterocycles. The van der Waals surface area contributed by atoms with Crippen LogP contribution in [0.15, 0.2) is 29.2 Å². The van der Waals surface area contributed by atoms with Gasteiger partial charge in [0, 0.05) is 17.3 Å². The minimum atomic E-state index is -0.792. The minimum absolute atomic E-state index is 0.0884. The third kappa shape index (κ3) is 6.67. The Hall–Kier alpha value is -1.00. The van der Waals surface area contributed by atoms with Crippen LogP contribution in [-0.2, 0) is 16.0 Å². The smallest absolute Gasteiger partial charge is 0.307 e. The van der Waals surface area contributed by atoms with Crippen LogP contribution in [0.5, 0.6) is 0 Å². The van der Waals surface area contributed by atoms with Gasteiger partial charge in [0.15, 0.2) is 0 Å². The van der Waals surface area contributed by atoms with Gasteiger partial charge < -0.3 is 9.84 Å². The van der Waals surface area contributed by atoms with Gasteiger partial charge in [0.2, 0.25) is 0 Å². The van der Waals surface area contributed by atoms with Crippen LogP contribution in [0.2, 0.25) is 0 Å². The first-order chi connectivity index (χ1) is 8.72. The van der Waals surface area contributed by atoms with Gasteiger partial charge in [0.05, 0.1) is 13.0 Å². The van der Waals surface area contributed by atoms with Crippen molar-refractivity contribution in [1.82, 2.24) is 0 Å². The van der Waals surface area contributed by atoms with Gasteiger partial charge in [-0.3, -0.25) is 4.79 Å². The summed E-state index contributed by atoms with van der Waals surface area (Å²) in [5.41, 5.74) is 0.839. The van der Waals surface area contributed by atoms with E-state index in [-0.39, 0.29) is 6.42 Å². The number of ether oxygens (including phenoxy) is 1. The highest BCUT2D eigenvalue weighted by Gasteiger charge is 2.00. The van der Waals surface area contributed by atoms with Crippen LogP contribution in [0.4, 0.5) is 0 Å². The number of carboxylic acid groups (broad SMARTS) is 1. The number of unbranched alkanes of at least 4 members (excludes halogenated alkanes) is 1. The van der Waals surface area contributed by atoms with Gasteiger partial charge in [0.25, 0.3) is 0 Å². The van der Waals surface area contributed by atoms with Gasteiger partial charge in [-0.25, -0.2) is 0 Å². The van der Waals surface area contributed by atoms with E-state index in [1.165, 1.54) is 0 Å². The Kier molecular flexibility index (Phi) is 7.53. The molecular weight excluding hydrogens is 248 g/mol. The Morgan fingerprint density at radius 2 is 2.00 bits per heavy atom. The molecule has 0 aromatic heterocycles. The molecule has 0 fully saturated rings. The van der Waals surface area contributed by atoms with E-state index in [1.54, 1.807) is 11.8 Å². The molecule has 1 aromatic rings. The molecule has 0 bridgehead atoms. The zero-order chi connectivity index (χ0) is 13.2. The molecule has 100 valence electrons. The van der Waals surface area contributed by atoms with Crippen LogP contribution >= 0.6 is 11.8 Å². The third-order valence-corrected chi connectivity index (χ3v) is 3.39. The summed E-state index contributed by atoms with van der Waals surface area (Å²) in [6.45, 7) is 3.76. The lowest BCUT2D eigenvalue weighted by atomic mass is 10.2. The summed E-state index contributed by atoms with van der Waals surface area (Å²) in [7, 11) is 0. The second-order valence-corrected chi connectivity index (χ2v) is 5.20. The lowest BCUT2D eigenvalue weighted by Gasteiger charge is -2.04. The van der Waals surface area contributed by atoms with Crippen LogP contribution < -0.4 is 0 Å². The number of hydrogen-bond donors (Lipinski definition) is 1. The molecule has 0 saturated carbocycles. The molecule has 1 N–H and O–H groups in total. The number of carboxylic acids is 1. The maximum absolute atomic E-state index is 10.5. The summed E-state index contributed by atoms with van der Waals surface area (Å²) in [6, 6.07) is 7.67. The first-order valence-electron chi connectivity index (χ1n) is 6.23. The van der Waals surface area contributed by atoms with E-state index >= 15 is 0 Å². The molecule has 4 heteroatoms. The number of hydrogen-bond acceptors (Lipinski definition) is 3. The Balaban J connectivity index is 2.20. The summed E-state index contributed by atoms with van der Waals surface area (Å²) in [6.07, 6.45) is 2.37. The molecule has 1 rings (SSSR count). The van der Waals surface area contributed by atoms with Gasteiger partial charge >= 0.3 is 5.97 Å². The van der Waals surface area contributed by atoms with Gasteiger partial charge in [-0.2, -0.15) is 0 Å². The maximum Gasteiger partial charge on any atom is 0.307 e. The van der Waals surface area contributed by atoms with Crippen LogP contribution in [0.3, 0.4) is 0 Å². The van der Waals surface area contributed by atoms with Crippen molar-refractivity contribution in [2.45, 2.75) is 31.1 Å². The highest BCUT2D eigenvalue weighted by molar-refractivity contribution is 7.99. The van der Waals surface area contributed by atoms with Crippen LogP contribution in [0.1, 0.15) is 25.3 Å². The van der Waals surface area contributed by atoms with E-state index in [2.05, 4.69) is 6.92 Å². The van der Waals surface area contributed by atoms with E-state index in [9.17, 15) is 4.79 Å². The summed E-state index contributed by atoms with van der Waals surface area (Å²) < 4.78 is 5.47. The van der Waals surface area contributed by atoms with Gasteiger partial charge in [0.1, 0.15) is 0 Å². The maximum atomic E-state index is 10.5. The topological polar surface area (TPSA) is 46.5 Å². The van der Waals surface area contributed by atoms with Crippen LogP contribution in [-0.4, -0.2) is 30.0 Å². The molecule has 0 aliphatic heterocycles. The lowest BCUT2D eigenvalue weighted by Crippen LogP contribution is -2.00. The molecule has 0 saturated heterocycles. The van der Waals surface area contributed by atoms with Gasteiger partial charge in [-0.05, 0) is 24.1 Å². The van der Waals surface area contributed by atoms with Crippen molar-refractivity contribution in [3.8, 4) is 0 Å². The van der Waals surface area contributed by atoms with E-state index in [0.29, 0.717) is 0 Å². The number of benzene rings is 1. The summed E-state index contributed by atoms with van der Waals surface area (Å²) >= 11 is 1.73. The molecule has 0 amide bonds. The third-order valence-electron chi connectivity index (χ3n) is 2.42. The Labute approximate surface area is 113 Å². The lowest BCUT2D eigenvalue weighted by molar-refractivity contribution is -0.136. The number of thioether (sulfide) groups is 1. The van der Waals surface area contributed by atoms with E-state index in [0.717, 1.165) is 42.3 Å². The van der Waals surface area contributed by atoms with Crippen LogP contribution in [0, 0.1) is 0 Å². The molecule has 0 radical (unpaired) electrons. The standard InChI is InChI=1S/C14H20O3S/c1-2-3-8-17-9-10-18-13-6-4-12(5-7-13)11-14(15)16/h4-7H,2-3,8-11H2,1H3,(H,15,16). The summed E-state index contributed by atoms with van der Waals surface area (Å²) in [5, 5.41) is 8.66. The fraction of sp³-hybridized carbons (Fsp3) is 0.500. The fourth-order valence-corrected chi connectivity index (χ4v) is 2.21. The first kappa shape index (κ1) is 15.1. The Morgan fingerprint density at radius 1 is 1.28 bits per heavy atom. The molecule has 0 aliphatic carbocycles. The van der Waals surface area contributed by atoms with Crippen molar-refractivity contribution in [3.63, 3.8) is 0 Å². The van der Waals surface area contributed by atoms with Gasteiger partial charge in [-0.1, -0.05) is 25.5 Å². The highest BCUT2D eigenvalue weighted by Crippen LogP contribution is 2.18. The second-order valence-electron chi connectivity index (χ2n) is 4.03. The molecule has 0 unspecified atom stereocenters. The second kappa shape index (κ2) is 9.00. The fourth-order valence-electron chi connectivity index (χ4n) is 1.45. The molecule has 0 atom stereocenters. The molecule has 0 aliphatic rings. The Bertz CT molecular complexity index is 349. The van der Waals surface area contributed by atoms with Gasteiger partial charge in [-0.15, -0.1) is 11.8 Å². The molecule has 0 spiro atoms. The molecular formula is C14H20O3S. The van der Waals surface area contributed by atoms with Crippen molar-refractivity contribution in [1.29, 1.82) is 0 Å². The Morgan fingerprint density at radius 3 is 2.61 bits per heavy atom. The van der Waals surface area contributed by atoms with Crippen molar-refractivity contribution in [2.24, 2.45) is 0 Å². The van der Waals surface area contributed by atoms with Crippen molar-refractivity contribution in [3.05, 3.63) is 29.8 Å². The predicted octanol–water partition coefficient (Wildman–Crippen LogP) is 3.22. The number of carbonyl (C=O) groups is 1. The average molecular weight is 268 g/mol. The zero-order valence-corrected chi connectivity index (χ0v) is 11.5. The highest BCUT2D eigenvalue weighted by atomic mass is 32.2. The quantitative estimate of drug-likeness (QED) is 0.552. The van der Waals surface area contributed by atoms with E-state index < -0.39 is 5.97 Å². The van der Waals surface area contributed by atoms with Crippen molar-refractivity contribution >= 4 is 17.7 Å². The first-order valence-corrected chi connectivity index (χ1v) is 7.22. The van der Waals surface area contributed by atoms with Crippen molar-refractivity contribution in [2.75, 3.05) is 19.0 Å². The predicted molar refractivity (Wildman–Crippen MR) is 74.2 cm³/mol. The minimum Gasteiger partial charge on any atom is -0.481 e. The van der Waals surface area contributed by atoms with E-state index in [1.807, 2.05) is 24.3 Å². The monoisotopic (exact) mass is 268 g/mol. The van der Waals surface area contributed by atoms with Crippen molar-refractivity contribution < 1.29 is 14.6 Å². The summed E-state index contributed by atoms with van der Waals surface area (Å²) in [5.74, 6) is 0.141. The number of aliphatic carboxylic acids is 1. The largest absolute Gasteiger partial charge is 0.481 e. The van der Waals surface area contributed by atoms with E-state index in [4.69, 9.17) is 9.84 Å². The normalized spacial score (nSPS) is 10.5.